The summed E-state index contributed by atoms with van der Waals surface area (Å²) < 4.78 is 5.21. The molecule has 3 heterocycles. The smallest absolute Gasteiger partial charge is 0.191 e. The van der Waals surface area contributed by atoms with Gasteiger partial charge in [0.1, 0.15) is 5.75 Å². The van der Waals surface area contributed by atoms with Crippen molar-refractivity contribution >= 4 is 11.3 Å². The molecule has 1 aliphatic heterocycles. The van der Waals surface area contributed by atoms with Crippen LogP contribution in [0.5, 0.6) is 5.75 Å². The third-order valence-electron chi connectivity index (χ3n) is 5.42. The molecule has 0 aliphatic carbocycles. The molecule has 1 aliphatic rings. The van der Waals surface area contributed by atoms with Crippen molar-refractivity contribution in [1.29, 1.82) is 0 Å². The van der Waals surface area contributed by atoms with Crippen LogP contribution in [0.15, 0.2) is 59.4 Å². The Hall–Kier alpha value is -3.10. The van der Waals surface area contributed by atoms with Crippen LogP contribution in [0.3, 0.4) is 0 Å². The Kier molecular flexibility index (Phi) is 5.25. The molecule has 0 N–H and O–H groups in total. The summed E-state index contributed by atoms with van der Waals surface area (Å²) in [6.07, 6.45) is 1.06. The highest BCUT2D eigenvalue weighted by Gasteiger charge is 2.33. The lowest BCUT2D eigenvalue weighted by atomic mass is 10.0. The SMILES string of the molecule is COc1ccc(Cn2nnc(C3CCN3Cc3cccc(-c4cscn4)c3)n2)cc1. The summed E-state index contributed by atoms with van der Waals surface area (Å²) in [5.41, 5.74) is 6.45. The highest BCUT2D eigenvalue weighted by Crippen LogP contribution is 2.33. The fourth-order valence-corrected chi connectivity index (χ4v) is 4.25. The quantitative estimate of drug-likeness (QED) is 0.455. The average molecular weight is 419 g/mol. The molecule has 1 unspecified atom stereocenters. The van der Waals surface area contributed by atoms with Crippen molar-refractivity contribution in [1.82, 2.24) is 30.1 Å². The van der Waals surface area contributed by atoms with Gasteiger partial charge in [0.15, 0.2) is 5.82 Å². The third kappa shape index (κ3) is 3.96. The van der Waals surface area contributed by atoms with Gasteiger partial charge in [-0.3, -0.25) is 4.90 Å². The standard InChI is InChI=1S/C22H22N6OS/c1-29-19-7-5-16(6-8-19)13-28-25-22(24-26-28)21-9-10-27(21)12-17-3-2-4-18(11-17)20-14-30-15-23-20/h2-8,11,14-15,21H,9-10,12-13H2,1H3. The van der Waals surface area contributed by atoms with E-state index in [9.17, 15) is 0 Å². The highest BCUT2D eigenvalue weighted by molar-refractivity contribution is 7.07. The Morgan fingerprint density at radius 2 is 2.00 bits per heavy atom. The van der Waals surface area contributed by atoms with Gasteiger partial charge < -0.3 is 4.74 Å². The summed E-state index contributed by atoms with van der Waals surface area (Å²) >= 11 is 1.62. The minimum absolute atomic E-state index is 0.220. The van der Waals surface area contributed by atoms with E-state index in [1.165, 1.54) is 5.56 Å². The number of aromatic nitrogens is 5. The molecule has 2 aromatic heterocycles. The largest absolute Gasteiger partial charge is 0.497 e. The normalized spacial score (nSPS) is 16.4. The minimum Gasteiger partial charge on any atom is -0.497 e. The van der Waals surface area contributed by atoms with Crippen LogP contribution in [0, 0.1) is 0 Å². The van der Waals surface area contributed by atoms with E-state index in [4.69, 9.17) is 4.74 Å². The number of likely N-dealkylation sites (tertiary alicyclic amines) is 1. The number of thiazole rings is 1. The lowest BCUT2D eigenvalue weighted by Gasteiger charge is -2.38. The van der Waals surface area contributed by atoms with Gasteiger partial charge in [0.2, 0.25) is 0 Å². The van der Waals surface area contributed by atoms with Crippen molar-refractivity contribution in [3.63, 3.8) is 0 Å². The number of hydrogen-bond acceptors (Lipinski definition) is 7. The van der Waals surface area contributed by atoms with Crippen molar-refractivity contribution in [2.24, 2.45) is 0 Å². The van der Waals surface area contributed by atoms with E-state index < -0.39 is 0 Å². The van der Waals surface area contributed by atoms with Crippen LogP contribution in [0.2, 0.25) is 0 Å². The molecule has 1 atom stereocenters. The first-order valence-electron chi connectivity index (χ1n) is 9.91. The highest BCUT2D eigenvalue weighted by atomic mass is 32.1. The molecule has 30 heavy (non-hydrogen) atoms. The van der Waals surface area contributed by atoms with Crippen molar-refractivity contribution in [3.05, 3.63) is 76.4 Å². The number of tetrazole rings is 1. The van der Waals surface area contributed by atoms with Gasteiger partial charge >= 0.3 is 0 Å². The van der Waals surface area contributed by atoms with Crippen LogP contribution in [-0.2, 0) is 13.1 Å². The van der Waals surface area contributed by atoms with E-state index in [1.54, 1.807) is 23.2 Å². The van der Waals surface area contributed by atoms with Crippen LogP contribution in [-0.4, -0.2) is 43.7 Å². The molecule has 8 heteroatoms. The topological polar surface area (TPSA) is 69.0 Å². The maximum Gasteiger partial charge on any atom is 0.191 e. The average Bonchev–Trinajstić information content (AvgIpc) is 3.45. The summed E-state index contributed by atoms with van der Waals surface area (Å²) in [5, 5.41) is 15.3. The van der Waals surface area contributed by atoms with Gasteiger partial charge in [-0.05, 0) is 41.0 Å². The number of benzene rings is 2. The van der Waals surface area contributed by atoms with Crippen molar-refractivity contribution in [3.8, 4) is 17.0 Å². The molecule has 5 rings (SSSR count). The van der Waals surface area contributed by atoms with Crippen LogP contribution in [0.1, 0.15) is 29.4 Å². The van der Waals surface area contributed by atoms with E-state index in [1.807, 2.05) is 29.8 Å². The summed E-state index contributed by atoms with van der Waals surface area (Å²) in [7, 11) is 1.67. The Morgan fingerprint density at radius 3 is 2.73 bits per heavy atom. The molecule has 0 spiro atoms. The fraction of sp³-hybridized carbons (Fsp3) is 0.273. The van der Waals surface area contributed by atoms with Gasteiger partial charge in [-0.15, -0.1) is 21.5 Å². The van der Waals surface area contributed by atoms with Crippen LogP contribution < -0.4 is 4.74 Å². The zero-order valence-corrected chi connectivity index (χ0v) is 17.5. The number of hydrogen-bond donors (Lipinski definition) is 0. The second kappa shape index (κ2) is 8.33. The van der Waals surface area contributed by atoms with E-state index in [-0.39, 0.29) is 6.04 Å². The van der Waals surface area contributed by atoms with Crippen molar-refractivity contribution in [2.45, 2.75) is 25.6 Å². The lowest BCUT2D eigenvalue weighted by Crippen LogP contribution is -2.40. The molecule has 0 amide bonds. The summed E-state index contributed by atoms with van der Waals surface area (Å²) in [6.45, 7) is 2.51. The van der Waals surface area contributed by atoms with Gasteiger partial charge in [-0.25, -0.2) is 4.98 Å². The Bertz CT molecular complexity index is 1110. The Morgan fingerprint density at radius 1 is 1.10 bits per heavy atom. The van der Waals surface area contributed by atoms with Gasteiger partial charge in [0.05, 0.1) is 30.9 Å². The molecule has 7 nitrogen and oxygen atoms in total. The molecule has 1 fully saturated rings. The molecule has 152 valence electrons. The van der Waals surface area contributed by atoms with Crippen molar-refractivity contribution < 1.29 is 4.74 Å². The molecule has 4 aromatic rings. The first kappa shape index (κ1) is 18.9. The fourth-order valence-electron chi connectivity index (χ4n) is 3.69. The van der Waals surface area contributed by atoms with E-state index in [0.717, 1.165) is 47.9 Å². The van der Waals surface area contributed by atoms with Crippen molar-refractivity contribution in [2.75, 3.05) is 13.7 Å². The maximum absolute atomic E-state index is 5.21. The number of nitrogens with zero attached hydrogens (tertiary/aromatic N) is 6. The Labute approximate surface area is 179 Å². The van der Waals surface area contributed by atoms with Crippen LogP contribution in [0.25, 0.3) is 11.3 Å². The maximum atomic E-state index is 5.21. The summed E-state index contributed by atoms with van der Waals surface area (Å²) in [4.78, 5) is 8.48. The third-order valence-corrected chi connectivity index (χ3v) is 6.01. The van der Waals surface area contributed by atoms with E-state index in [2.05, 4.69) is 54.9 Å². The van der Waals surface area contributed by atoms with Gasteiger partial charge in [-0.2, -0.15) is 4.80 Å². The zero-order chi connectivity index (χ0) is 20.3. The summed E-state index contributed by atoms with van der Waals surface area (Å²) in [6, 6.07) is 16.7. The van der Waals surface area contributed by atoms with E-state index >= 15 is 0 Å². The zero-order valence-electron chi connectivity index (χ0n) is 16.7. The van der Waals surface area contributed by atoms with Crippen LogP contribution in [0.4, 0.5) is 0 Å². The predicted molar refractivity (Wildman–Crippen MR) is 115 cm³/mol. The molecule has 0 radical (unpaired) electrons. The minimum atomic E-state index is 0.220. The second-order valence-corrected chi connectivity index (χ2v) is 8.09. The first-order valence-corrected chi connectivity index (χ1v) is 10.8. The second-order valence-electron chi connectivity index (χ2n) is 7.38. The molecule has 2 aromatic carbocycles. The number of rotatable bonds is 7. The first-order chi connectivity index (χ1) is 14.8. The van der Waals surface area contributed by atoms with Gasteiger partial charge in [0, 0.05) is 24.0 Å². The molecule has 0 bridgehead atoms. The molecule has 1 saturated heterocycles. The predicted octanol–water partition coefficient (Wildman–Crippen LogP) is 3.80. The molecular weight excluding hydrogens is 396 g/mol. The summed E-state index contributed by atoms with van der Waals surface area (Å²) in [5.74, 6) is 1.64. The van der Waals surface area contributed by atoms with Crippen LogP contribution >= 0.6 is 11.3 Å². The monoisotopic (exact) mass is 418 g/mol. The van der Waals surface area contributed by atoms with Gasteiger partial charge in [-0.1, -0.05) is 30.3 Å². The number of methoxy groups -OCH3 is 1. The lowest BCUT2D eigenvalue weighted by molar-refractivity contribution is 0.0750. The van der Waals surface area contributed by atoms with Gasteiger partial charge in [0.25, 0.3) is 0 Å². The Balaban J connectivity index is 1.24. The molecule has 0 saturated carbocycles. The number of ether oxygens (including phenoxy) is 1. The van der Waals surface area contributed by atoms with E-state index in [0.29, 0.717) is 6.54 Å². The molecular formula is C22H22N6OS.